The fourth-order valence-electron chi connectivity index (χ4n) is 1.63. The van der Waals surface area contributed by atoms with Gasteiger partial charge >= 0.3 is 5.69 Å². The van der Waals surface area contributed by atoms with Crippen LogP contribution in [0.2, 0.25) is 0 Å². The van der Waals surface area contributed by atoms with Crippen LogP contribution in [-0.4, -0.2) is 35.4 Å². The van der Waals surface area contributed by atoms with Crippen LogP contribution < -0.4 is 11.0 Å². The van der Waals surface area contributed by atoms with Gasteiger partial charge in [-0.3, -0.25) is 9.13 Å². The quantitative estimate of drug-likeness (QED) is 0.647. The van der Waals surface area contributed by atoms with E-state index in [9.17, 15) is 4.79 Å². The zero-order chi connectivity index (χ0) is 12.5. The lowest BCUT2D eigenvalue weighted by atomic mass is 10.4. The van der Waals surface area contributed by atoms with Gasteiger partial charge in [-0.15, -0.1) is 0 Å². The van der Waals surface area contributed by atoms with Gasteiger partial charge in [0.25, 0.3) is 0 Å². The van der Waals surface area contributed by atoms with E-state index >= 15 is 0 Å². The van der Waals surface area contributed by atoms with Crippen LogP contribution in [0.3, 0.4) is 0 Å². The SMILES string of the molecule is CCOCCCNCCn1ccn(CC)c1=O. The van der Waals surface area contributed by atoms with Crippen molar-refractivity contribution in [2.75, 3.05) is 26.3 Å². The largest absolute Gasteiger partial charge is 0.382 e. The molecule has 0 amide bonds. The molecule has 0 radical (unpaired) electrons. The molecule has 0 saturated heterocycles. The molecule has 1 aromatic heterocycles. The molecule has 0 saturated carbocycles. The number of hydrogen-bond donors (Lipinski definition) is 1. The Balaban J connectivity index is 2.14. The minimum atomic E-state index is 0.0728. The summed E-state index contributed by atoms with van der Waals surface area (Å²) in [7, 11) is 0. The first-order chi connectivity index (χ1) is 8.29. The van der Waals surface area contributed by atoms with Crippen molar-refractivity contribution >= 4 is 0 Å². The molecule has 0 atom stereocenters. The second-order valence-corrected chi connectivity index (χ2v) is 3.86. The topological polar surface area (TPSA) is 48.2 Å². The highest BCUT2D eigenvalue weighted by molar-refractivity contribution is 4.81. The van der Waals surface area contributed by atoms with Crippen LogP contribution in [0.1, 0.15) is 20.3 Å². The normalized spacial score (nSPS) is 10.9. The van der Waals surface area contributed by atoms with Gasteiger partial charge in [-0.2, -0.15) is 0 Å². The maximum absolute atomic E-state index is 11.7. The number of nitrogens with zero attached hydrogens (tertiary/aromatic N) is 2. The number of aryl methyl sites for hydroxylation is 1. The summed E-state index contributed by atoms with van der Waals surface area (Å²) in [5, 5.41) is 3.30. The summed E-state index contributed by atoms with van der Waals surface area (Å²) in [6.45, 7) is 8.75. The first-order valence-corrected chi connectivity index (χ1v) is 6.33. The third-order valence-electron chi connectivity index (χ3n) is 2.63. The van der Waals surface area contributed by atoms with Gasteiger partial charge in [0.2, 0.25) is 0 Å². The van der Waals surface area contributed by atoms with Gasteiger partial charge in [0.1, 0.15) is 0 Å². The van der Waals surface area contributed by atoms with Crippen molar-refractivity contribution in [2.24, 2.45) is 0 Å². The molecule has 0 aromatic carbocycles. The Bertz CT molecular complexity index is 357. The highest BCUT2D eigenvalue weighted by Gasteiger charge is 2.00. The minimum Gasteiger partial charge on any atom is -0.382 e. The lowest BCUT2D eigenvalue weighted by Crippen LogP contribution is -2.29. The van der Waals surface area contributed by atoms with Crippen LogP contribution >= 0.6 is 0 Å². The Morgan fingerprint density at radius 3 is 2.65 bits per heavy atom. The van der Waals surface area contributed by atoms with Gasteiger partial charge in [-0.25, -0.2) is 4.79 Å². The summed E-state index contributed by atoms with van der Waals surface area (Å²) in [5.41, 5.74) is 0.0728. The van der Waals surface area contributed by atoms with Crippen molar-refractivity contribution in [3.05, 3.63) is 22.9 Å². The van der Waals surface area contributed by atoms with Gasteiger partial charge in [-0.05, 0) is 26.8 Å². The van der Waals surface area contributed by atoms with Crippen LogP contribution in [0.5, 0.6) is 0 Å². The van der Waals surface area contributed by atoms with Crippen LogP contribution in [0, 0.1) is 0 Å². The zero-order valence-corrected chi connectivity index (χ0v) is 10.8. The molecule has 1 N–H and O–H groups in total. The van der Waals surface area contributed by atoms with Crippen LogP contribution in [0.15, 0.2) is 17.2 Å². The molecule has 5 nitrogen and oxygen atoms in total. The van der Waals surface area contributed by atoms with Crippen molar-refractivity contribution in [2.45, 2.75) is 33.4 Å². The van der Waals surface area contributed by atoms with Gasteiger partial charge in [-0.1, -0.05) is 0 Å². The molecule has 0 unspecified atom stereocenters. The van der Waals surface area contributed by atoms with Crippen LogP contribution in [0.25, 0.3) is 0 Å². The van der Waals surface area contributed by atoms with E-state index in [4.69, 9.17) is 4.74 Å². The van der Waals surface area contributed by atoms with E-state index in [0.717, 1.165) is 45.8 Å². The molecule has 98 valence electrons. The lowest BCUT2D eigenvalue weighted by molar-refractivity contribution is 0.145. The van der Waals surface area contributed by atoms with Crippen molar-refractivity contribution in [3.8, 4) is 0 Å². The molecule has 0 aliphatic heterocycles. The van der Waals surface area contributed by atoms with Gasteiger partial charge in [0.05, 0.1) is 0 Å². The maximum atomic E-state index is 11.7. The highest BCUT2D eigenvalue weighted by Crippen LogP contribution is 1.85. The van der Waals surface area contributed by atoms with Gasteiger partial charge in [0, 0.05) is 45.2 Å². The minimum absolute atomic E-state index is 0.0728. The van der Waals surface area contributed by atoms with E-state index in [1.165, 1.54) is 0 Å². The highest BCUT2D eigenvalue weighted by atomic mass is 16.5. The van der Waals surface area contributed by atoms with Crippen molar-refractivity contribution in [1.29, 1.82) is 0 Å². The summed E-state index contributed by atoms with van der Waals surface area (Å²) in [4.78, 5) is 11.7. The first kappa shape index (κ1) is 14.0. The number of ether oxygens (including phenoxy) is 1. The Morgan fingerprint density at radius 2 is 2.00 bits per heavy atom. The molecule has 1 heterocycles. The third-order valence-corrected chi connectivity index (χ3v) is 2.63. The predicted octanol–water partition coefficient (Wildman–Crippen LogP) is 0.686. The maximum Gasteiger partial charge on any atom is 0.328 e. The molecular weight excluding hydrogens is 218 g/mol. The van der Waals surface area contributed by atoms with Crippen molar-refractivity contribution < 1.29 is 4.74 Å². The molecule has 0 fully saturated rings. The molecular formula is C12H23N3O2. The molecule has 1 aromatic rings. The molecule has 17 heavy (non-hydrogen) atoms. The van der Waals surface area contributed by atoms with E-state index in [-0.39, 0.29) is 5.69 Å². The summed E-state index contributed by atoms with van der Waals surface area (Å²) in [6, 6.07) is 0. The second-order valence-electron chi connectivity index (χ2n) is 3.86. The molecule has 0 aliphatic carbocycles. The Hall–Kier alpha value is -1.07. The summed E-state index contributed by atoms with van der Waals surface area (Å²) < 4.78 is 8.68. The van der Waals surface area contributed by atoms with Crippen LogP contribution in [0.4, 0.5) is 0 Å². The van der Waals surface area contributed by atoms with E-state index < -0.39 is 0 Å². The lowest BCUT2D eigenvalue weighted by Gasteiger charge is -2.05. The summed E-state index contributed by atoms with van der Waals surface area (Å²) in [5.74, 6) is 0. The molecule has 0 aliphatic rings. The number of aromatic nitrogens is 2. The van der Waals surface area contributed by atoms with Crippen LogP contribution in [-0.2, 0) is 17.8 Å². The Kier molecular flexibility index (Phi) is 6.65. The predicted molar refractivity (Wildman–Crippen MR) is 68.3 cm³/mol. The average molecular weight is 241 g/mol. The van der Waals surface area contributed by atoms with Gasteiger partial charge < -0.3 is 10.1 Å². The second kappa shape index (κ2) is 8.08. The van der Waals surface area contributed by atoms with E-state index in [2.05, 4.69) is 5.32 Å². The number of nitrogens with one attached hydrogen (secondary N) is 1. The standard InChI is InChI=1S/C12H23N3O2/c1-3-14-9-10-15(12(14)16)8-7-13-6-5-11-17-4-2/h9-10,13H,3-8,11H2,1-2H3. The van der Waals surface area contributed by atoms with Crippen molar-refractivity contribution in [3.63, 3.8) is 0 Å². The van der Waals surface area contributed by atoms with E-state index in [0.29, 0.717) is 0 Å². The molecule has 5 heteroatoms. The molecule has 0 spiro atoms. The Morgan fingerprint density at radius 1 is 1.24 bits per heavy atom. The zero-order valence-electron chi connectivity index (χ0n) is 10.8. The smallest absolute Gasteiger partial charge is 0.328 e. The fraction of sp³-hybridized carbons (Fsp3) is 0.750. The number of imidazole rings is 1. The fourth-order valence-corrected chi connectivity index (χ4v) is 1.63. The van der Waals surface area contributed by atoms with E-state index in [1.54, 1.807) is 9.13 Å². The molecule has 1 rings (SSSR count). The third kappa shape index (κ3) is 4.75. The monoisotopic (exact) mass is 241 g/mol. The van der Waals surface area contributed by atoms with Crippen molar-refractivity contribution in [1.82, 2.24) is 14.5 Å². The average Bonchev–Trinajstić information content (AvgIpc) is 2.69. The van der Waals surface area contributed by atoms with Gasteiger partial charge in [0.15, 0.2) is 0 Å². The number of rotatable bonds is 9. The summed E-state index contributed by atoms with van der Waals surface area (Å²) >= 11 is 0. The van der Waals surface area contributed by atoms with E-state index in [1.807, 2.05) is 26.2 Å². The number of hydrogen-bond acceptors (Lipinski definition) is 3. The summed E-state index contributed by atoms with van der Waals surface area (Å²) in [6.07, 6.45) is 4.68. The molecule has 0 bridgehead atoms. The Labute approximate surface area is 102 Å². The first-order valence-electron chi connectivity index (χ1n) is 6.33.